The van der Waals surface area contributed by atoms with Crippen LogP contribution in [0.25, 0.3) is 0 Å². The summed E-state index contributed by atoms with van der Waals surface area (Å²) in [6.45, 7) is 5.79. The van der Waals surface area contributed by atoms with Crippen molar-refractivity contribution in [1.82, 2.24) is 14.9 Å². The second kappa shape index (κ2) is 8.62. The summed E-state index contributed by atoms with van der Waals surface area (Å²) in [7, 11) is 0. The number of halogens is 1. The Morgan fingerprint density at radius 1 is 0.964 bits per heavy atom. The number of aromatic nitrogens is 2. The van der Waals surface area contributed by atoms with E-state index in [1.807, 2.05) is 18.2 Å². The highest BCUT2D eigenvalue weighted by molar-refractivity contribution is 6.33. The molecule has 0 spiro atoms. The van der Waals surface area contributed by atoms with Crippen LogP contribution < -0.4 is 15.1 Å². The normalized spacial score (nSPS) is 17.5. The third-order valence-electron chi connectivity index (χ3n) is 4.98. The predicted molar refractivity (Wildman–Crippen MR) is 109 cm³/mol. The van der Waals surface area contributed by atoms with Crippen LogP contribution in [-0.2, 0) is 4.74 Å². The molecule has 2 saturated heterocycles. The molecule has 148 valence electrons. The van der Waals surface area contributed by atoms with Crippen molar-refractivity contribution >= 4 is 35.0 Å². The van der Waals surface area contributed by atoms with Gasteiger partial charge in [0, 0.05) is 45.3 Å². The average Bonchev–Trinajstić information content (AvgIpc) is 2.76. The first kappa shape index (κ1) is 18.8. The Hall–Kier alpha value is -2.58. The van der Waals surface area contributed by atoms with Crippen LogP contribution in [0.2, 0.25) is 5.02 Å². The van der Waals surface area contributed by atoms with Gasteiger partial charge in [-0.2, -0.15) is 0 Å². The molecule has 0 radical (unpaired) electrons. The van der Waals surface area contributed by atoms with E-state index in [1.54, 1.807) is 23.4 Å². The van der Waals surface area contributed by atoms with Gasteiger partial charge in [0.05, 0.1) is 23.9 Å². The number of amides is 2. The fourth-order valence-electron chi connectivity index (χ4n) is 3.37. The van der Waals surface area contributed by atoms with Gasteiger partial charge in [-0.05, 0) is 12.1 Å². The molecule has 2 amide bonds. The number of hydrogen-bond acceptors (Lipinski definition) is 6. The Labute approximate surface area is 169 Å². The Morgan fingerprint density at radius 3 is 2.29 bits per heavy atom. The Bertz CT molecular complexity index is 822. The maximum atomic E-state index is 12.5. The van der Waals surface area contributed by atoms with E-state index in [-0.39, 0.29) is 6.03 Å². The van der Waals surface area contributed by atoms with Gasteiger partial charge in [0.1, 0.15) is 18.0 Å². The summed E-state index contributed by atoms with van der Waals surface area (Å²) >= 11 is 6.12. The fraction of sp³-hybridized carbons (Fsp3) is 0.421. The van der Waals surface area contributed by atoms with Crippen molar-refractivity contribution < 1.29 is 9.53 Å². The summed E-state index contributed by atoms with van der Waals surface area (Å²) in [5, 5.41) is 3.41. The SMILES string of the molecule is O=C(Nc1ccccc1Cl)N1CCN(c2cc(N3CCOCC3)ncn2)CC1. The molecular formula is C19H23ClN6O2. The molecule has 2 aliphatic rings. The molecule has 0 atom stereocenters. The van der Waals surface area contributed by atoms with Gasteiger partial charge in [-0.25, -0.2) is 14.8 Å². The largest absolute Gasteiger partial charge is 0.378 e. The van der Waals surface area contributed by atoms with Crippen LogP contribution in [0.5, 0.6) is 0 Å². The number of anilines is 3. The minimum Gasteiger partial charge on any atom is -0.378 e. The van der Waals surface area contributed by atoms with Crippen LogP contribution in [0.15, 0.2) is 36.7 Å². The smallest absolute Gasteiger partial charge is 0.322 e. The van der Waals surface area contributed by atoms with Gasteiger partial charge in [0.25, 0.3) is 0 Å². The molecule has 1 N–H and O–H groups in total. The van der Waals surface area contributed by atoms with Crippen LogP contribution in [-0.4, -0.2) is 73.4 Å². The van der Waals surface area contributed by atoms with Gasteiger partial charge in [-0.15, -0.1) is 0 Å². The number of urea groups is 1. The summed E-state index contributed by atoms with van der Waals surface area (Å²) in [4.78, 5) is 27.5. The number of morpholine rings is 1. The average molecular weight is 403 g/mol. The van der Waals surface area contributed by atoms with E-state index in [9.17, 15) is 4.79 Å². The third kappa shape index (κ3) is 4.28. The van der Waals surface area contributed by atoms with E-state index in [1.165, 1.54) is 0 Å². The van der Waals surface area contributed by atoms with Gasteiger partial charge < -0.3 is 24.8 Å². The maximum Gasteiger partial charge on any atom is 0.322 e. The lowest BCUT2D eigenvalue weighted by atomic mass is 10.3. The second-order valence-electron chi connectivity index (χ2n) is 6.72. The molecule has 0 saturated carbocycles. The van der Waals surface area contributed by atoms with Crippen LogP contribution in [0, 0.1) is 0 Å². The zero-order chi connectivity index (χ0) is 19.3. The van der Waals surface area contributed by atoms with Crippen LogP contribution in [0.4, 0.5) is 22.1 Å². The van der Waals surface area contributed by atoms with Gasteiger partial charge in [0.2, 0.25) is 0 Å². The number of piperazine rings is 1. The highest BCUT2D eigenvalue weighted by Crippen LogP contribution is 2.22. The molecule has 1 aromatic heterocycles. The number of nitrogens with one attached hydrogen (secondary N) is 1. The first-order valence-corrected chi connectivity index (χ1v) is 9.78. The quantitative estimate of drug-likeness (QED) is 0.849. The minimum absolute atomic E-state index is 0.135. The maximum absolute atomic E-state index is 12.5. The monoisotopic (exact) mass is 402 g/mol. The highest BCUT2D eigenvalue weighted by Gasteiger charge is 2.23. The van der Waals surface area contributed by atoms with Crippen molar-refractivity contribution in [2.45, 2.75) is 0 Å². The molecule has 4 rings (SSSR count). The van der Waals surface area contributed by atoms with Crippen molar-refractivity contribution in [3.8, 4) is 0 Å². The number of hydrogen-bond donors (Lipinski definition) is 1. The van der Waals surface area contributed by atoms with Crippen LogP contribution >= 0.6 is 11.6 Å². The predicted octanol–water partition coefficient (Wildman–Crippen LogP) is 2.32. The molecule has 0 unspecified atom stereocenters. The number of ether oxygens (including phenoxy) is 1. The first-order chi connectivity index (χ1) is 13.7. The van der Waals surface area contributed by atoms with Crippen molar-refractivity contribution in [1.29, 1.82) is 0 Å². The molecule has 1 aromatic carbocycles. The fourth-order valence-corrected chi connectivity index (χ4v) is 3.55. The Balaban J connectivity index is 1.35. The lowest BCUT2D eigenvalue weighted by molar-refractivity contribution is 0.122. The third-order valence-corrected chi connectivity index (χ3v) is 5.31. The van der Waals surface area contributed by atoms with Crippen molar-refractivity contribution in [3.63, 3.8) is 0 Å². The van der Waals surface area contributed by atoms with Crippen molar-refractivity contribution in [3.05, 3.63) is 41.7 Å². The van der Waals surface area contributed by atoms with Crippen LogP contribution in [0.3, 0.4) is 0 Å². The second-order valence-corrected chi connectivity index (χ2v) is 7.13. The molecule has 2 aliphatic heterocycles. The van der Waals surface area contributed by atoms with E-state index < -0.39 is 0 Å². The first-order valence-electron chi connectivity index (χ1n) is 9.41. The highest BCUT2D eigenvalue weighted by atomic mass is 35.5. The molecular weight excluding hydrogens is 380 g/mol. The number of carbonyl (C=O) groups excluding carboxylic acids is 1. The van der Waals surface area contributed by atoms with E-state index in [4.69, 9.17) is 16.3 Å². The van der Waals surface area contributed by atoms with Gasteiger partial charge >= 0.3 is 6.03 Å². The summed E-state index contributed by atoms with van der Waals surface area (Å²) in [6, 6.07) is 9.12. The molecule has 8 nitrogen and oxygen atoms in total. The van der Waals surface area contributed by atoms with Crippen LogP contribution in [0.1, 0.15) is 0 Å². The summed E-state index contributed by atoms with van der Waals surface area (Å²) in [5.41, 5.74) is 0.627. The van der Waals surface area contributed by atoms with E-state index in [0.29, 0.717) is 23.8 Å². The Kier molecular flexibility index (Phi) is 5.78. The molecule has 0 aliphatic carbocycles. The molecule has 28 heavy (non-hydrogen) atoms. The van der Waals surface area contributed by atoms with Gasteiger partial charge in [-0.3, -0.25) is 0 Å². The molecule has 0 bridgehead atoms. The summed E-state index contributed by atoms with van der Waals surface area (Å²) in [6.07, 6.45) is 1.61. The van der Waals surface area contributed by atoms with E-state index in [2.05, 4.69) is 25.1 Å². The topological polar surface area (TPSA) is 73.8 Å². The lowest BCUT2D eigenvalue weighted by Gasteiger charge is -2.36. The summed E-state index contributed by atoms with van der Waals surface area (Å²) < 4.78 is 5.40. The zero-order valence-corrected chi connectivity index (χ0v) is 16.3. The number of carbonyl (C=O) groups is 1. The number of nitrogens with zero attached hydrogens (tertiary/aromatic N) is 5. The minimum atomic E-state index is -0.135. The van der Waals surface area contributed by atoms with Gasteiger partial charge in [0.15, 0.2) is 0 Å². The molecule has 9 heteroatoms. The zero-order valence-electron chi connectivity index (χ0n) is 15.6. The Morgan fingerprint density at radius 2 is 1.61 bits per heavy atom. The molecule has 2 aromatic rings. The van der Waals surface area contributed by atoms with E-state index in [0.717, 1.165) is 51.0 Å². The molecule has 3 heterocycles. The summed E-state index contributed by atoms with van der Waals surface area (Å²) in [5.74, 6) is 1.81. The number of benzene rings is 1. The molecule has 2 fully saturated rings. The van der Waals surface area contributed by atoms with Crippen molar-refractivity contribution in [2.24, 2.45) is 0 Å². The van der Waals surface area contributed by atoms with Gasteiger partial charge in [-0.1, -0.05) is 23.7 Å². The number of para-hydroxylation sites is 1. The lowest BCUT2D eigenvalue weighted by Crippen LogP contribution is -2.50. The van der Waals surface area contributed by atoms with E-state index >= 15 is 0 Å². The van der Waals surface area contributed by atoms with Crippen molar-refractivity contribution in [2.75, 3.05) is 67.6 Å². The number of rotatable bonds is 3. The standard InChI is InChI=1S/C19H23ClN6O2/c20-15-3-1-2-4-16(15)23-19(27)26-7-5-24(6-8-26)17-13-18(22-14-21-17)25-9-11-28-12-10-25/h1-4,13-14H,5-12H2,(H,23,27).